The van der Waals surface area contributed by atoms with Gasteiger partial charge in [-0.2, -0.15) is 0 Å². The Hall–Kier alpha value is -1.00. The van der Waals surface area contributed by atoms with Crippen LogP contribution in [0.5, 0.6) is 5.06 Å². The predicted molar refractivity (Wildman–Crippen MR) is 65.3 cm³/mol. The summed E-state index contributed by atoms with van der Waals surface area (Å²) in [5.41, 5.74) is 1.61. The number of aromatic nitrogens is 1. The van der Waals surface area contributed by atoms with E-state index in [4.69, 9.17) is 0 Å². The molecule has 2 rings (SSSR count). The second-order valence-electron chi connectivity index (χ2n) is 2.85. The van der Waals surface area contributed by atoms with Crippen LogP contribution < -0.4 is 0 Å². The number of nitrogens with zero attached hydrogens (tertiary/aromatic N) is 1. The van der Waals surface area contributed by atoms with Crippen molar-refractivity contribution in [2.24, 2.45) is 0 Å². The van der Waals surface area contributed by atoms with Crippen LogP contribution in [-0.4, -0.2) is 15.8 Å². The number of aromatic hydroxyl groups is 1. The molecule has 0 aliphatic heterocycles. The molecule has 0 bridgehead atoms. The molecule has 1 N–H and O–H groups in total. The van der Waals surface area contributed by atoms with Crippen molar-refractivity contribution in [2.45, 2.75) is 4.34 Å². The van der Waals surface area contributed by atoms with Gasteiger partial charge in [0.2, 0.25) is 5.06 Å². The third kappa shape index (κ3) is 2.33. The smallest absolute Gasteiger partial charge is 0.200 e. The number of hydrogen-bond donors (Lipinski definition) is 1. The molecular formula is C11H10NOS2. The standard InChI is InChI=1S/C11H10NOS2/c1-2-14-11-12-9(10(13)15-11)8-6-4-3-5-7-8/h3-7,13H,1-2H2. The van der Waals surface area contributed by atoms with Crippen LogP contribution in [0.3, 0.4) is 0 Å². The SMILES string of the molecule is [CH2]CSc1nc(-c2ccccc2)c(O)s1. The molecule has 0 fully saturated rings. The van der Waals surface area contributed by atoms with Gasteiger partial charge in [0, 0.05) is 11.3 Å². The molecule has 0 aliphatic rings. The van der Waals surface area contributed by atoms with Gasteiger partial charge in [0.05, 0.1) is 0 Å². The minimum Gasteiger partial charge on any atom is -0.498 e. The summed E-state index contributed by atoms with van der Waals surface area (Å²) in [6.07, 6.45) is 0. The molecule has 1 heterocycles. The molecule has 0 saturated carbocycles. The molecule has 2 aromatic rings. The second-order valence-corrected chi connectivity index (χ2v) is 5.17. The highest BCUT2D eigenvalue weighted by Gasteiger charge is 2.11. The normalized spacial score (nSPS) is 10.5. The molecule has 1 radical (unpaired) electrons. The van der Waals surface area contributed by atoms with E-state index < -0.39 is 0 Å². The van der Waals surface area contributed by atoms with E-state index >= 15 is 0 Å². The fourth-order valence-electron chi connectivity index (χ4n) is 1.23. The van der Waals surface area contributed by atoms with Crippen LogP contribution in [0.15, 0.2) is 34.7 Å². The summed E-state index contributed by atoms with van der Waals surface area (Å²) in [5.74, 6) is 0.723. The van der Waals surface area contributed by atoms with E-state index in [0.717, 1.165) is 15.7 Å². The topological polar surface area (TPSA) is 33.1 Å². The molecule has 4 heteroatoms. The number of benzene rings is 1. The highest BCUT2D eigenvalue weighted by Crippen LogP contribution is 2.37. The van der Waals surface area contributed by atoms with Crippen molar-refractivity contribution in [2.75, 3.05) is 5.75 Å². The number of hydrogen-bond acceptors (Lipinski definition) is 4. The van der Waals surface area contributed by atoms with Crippen molar-refractivity contribution < 1.29 is 5.11 Å². The van der Waals surface area contributed by atoms with E-state index in [0.29, 0.717) is 5.69 Å². The lowest BCUT2D eigenvalue weighted by Gasteiger charge is -1.95. The van der Waals surface area contributed by atoms with Crippen LogP contribution in [0, 0.1) is 6.92 Å². The van der Waals surface area contributed by atoms with Gasteiger partial charge in [0.25, 0.3) is 0 Å². The molecule has 0 spiro atoms. The molecule has 0 atom stereocenters. The van der Waals surface area contributed by atoms with Crippen molar-refractivity contribution in [1.82, 2.24) is 4.98 Å². The lowest BCUT2D eigenvalue weighted by Crippen LogP contribution is -1.77. The van der Waals surface area contributed by atoms with E-state index in [2.05, 4.69) is 11.9 Å². The minimum atomic E-state index is 0.275. The predicted octanol–water partition coefficient (Wildman–Crippen LogP) is 3.44. The van der Waals surface area contributed by atoms with Crippen molar-refractivity contribution in [3.8, 4) is 16.3 Å². The van der Waals surface area contributed by atoms with Gasteiger partial charge in [-0.3, -0.25) is 0 Å². The van der Waals surface area contributed by atoms with Gasteiger partial charge in [0.15, 0.2) is 4.34 Å². The molecule has 15 heavy (non-hydrogen) atoms. The van der Waals surface area contributed by atoms with Gasteiger partial charge in [0.1, 0.15) is 5.69 Å². The Morgan fingerprint density at radius 2 is 2.07 bits per heavy atom. The summed E-state index contributed by atoms with van der Waals surface area (Å²) >= 11 is 2.84. The van der Waals surface area contributed by atoms with Gasteiger partial charge in [-0.1, -0.05) is 53.4 Å². The highest BCUT2D eigenvalue weighted by molar-refractivity contribution is 8.01. The van der Waals surface area contributed by atoms with Gasteiger partial charge in [-0.15, -0.1) is 0 Å². The quantitative estimate of drug-likeness (QED) is 0.829. The fourth-order valence-corrected chi connectivity index (χ4v) is 2.84. The molecule has 0 amide bonds. The monoisotopic (exact) mass is 236 g/mol. The second kappa shape index (κ2) is 4.68. The molecule has 0 unspecified atom stereocenters. The lowest BCUT2D eigenvalue weighted by molar-refractivity contribution is 0.491. The summed E-state index contributed by atoms with van der Waals surface area (Å²) in [6, 6.07) is 9.68. The fraction of sp³-hybridized carbons (Fsp3) is 0.0909. The third-order valence-electron chi connectivity index (χ3n) is 1.86. The summed E-state index contributed by atoms with van der Waals surface area (Å²) in [5, 5.41) is 10.0. The van der Waals surface area contributed by atoms with Crippen LogP contribution in [0.2, 0.25) is 0 Å². The van der Waals surface area contributed by atoms with Gasteiger partial charge >= 0.3 is 0 Å². The molecule has 0 aliphatic carbocycles. The first-order chi connectivity index (χ1) is 7.31. The van der Waals surface area contributed by atoms with E-state index in [1.54, 1.807) is 11.8 Å². The van der Waals surface area contributed by atoms with Crippen LogP contribution in [0.1, 0.15) is 0 Å². The highest BCUT2D eigenvalue weighted by atomic mass is 32.2. The summed E-state index contributed by atoms with van der Waals surface area (Å²) in [4.78, 5) is 4.36. The van der Waals surface area contributed by atoms with Crippen molar-refractivity contribution >= 4 is 23.1 Å². The van der Waals surface area contributed by atoms with E-state index in [-0.39, 0.29) is 5.06 Å². The minimum absolute atomic E-state index is 0.275. The van der Waals surface area contributed by atoms with Crippen LogP contribution in [0.25, 0.3) is 11.3 Å². The zero-order valence-electron chi connectivity index (χ0n) is 8.01. The lowest BCUT2D eigenvalue weighted by atomic mass is 10.2. The number of thiazole rings is 1. The molecule has 1 aromatic heterocycles. The van der Waals surface area contributed by atoms with Crippen molar-refractivity contribution in [1.29, 1.82) is 0 Å². The Morgan fingerprint density at radius 3 is 2.73 bits per heavy atom. The Labute approximate surface area is 97.0 Å². The van der Waals surface area contributed by atoms with Crippen molar-refractivity contribution in [3.05, 3.63) is 37.3 Å². The largest absolute Gasteiger partial charge is 0.498 e. The van der Waals surface area contributed by atoms with Crippen LogP contribution >= 0.6 is 23.1 Å². The van der Waals surface area contributed by atoms with Gasteiger partial charge < -0.3 is 5.11 Å². The Bertz CT molecular complexity index is 439. The first-order valence-corrected chi connectivity index (χ1v) is 6.28. The molecule has 77 valence electrons. The maximum absolute atomic E-state index is 9.73. The summed E-state index contributed by atoms with van der Waals surface area (Å²) < 4.78 is 0.862. The Kier molecular flexibility index (Phi) is 3.28. The van der Waals surface area contributed by atoms with Crippen LogP contribution in [-0.2, 0) is 0 Å². The summed E-state index contributed by atoms with van der Waals surface area (Å²) in [6.45, 7) is 3.74. The maximum atomic E-state index is 9.73. The van der Waals surface area contributed by atoms with Gasteiger partial charge in [-0.05, 0) is 6.92 Å². The first-order valence-electron chi connectivity index (χ1n) is 4.48. The number of thioether (sulfide) groups is 1. The average Bonchev–Trinajstić information content (AvgIpc) is 2.61. The Balaban J connectivity index is 2.36. The molecule has 2 nitrogen and oxygen atoms in total. The summed E-state index contributed by atoms with van der Waals surface area (Å²) in [7, 11) is 0. The van der Waals surface area contributed by atoms with Crippen LogP contribution in [0.4, 0.5) is 0 Å². The molecule has 1 aromatic carbocycles. The zero-order chi connectivity index (χ0) is 10.7. The Morgan fingerprint density at radius 1 is 1.33 bits per heavy atom. The molecule has 0 saturated heterocycles. The third-order valence-corrected chi connectivity index (χ3v) is 3.66. The molecular weight excluding hydrogens is 226 g/mol. The van der Waals surface area contributed by atoms with E-state index in [9.17, 15) is 5.11 Å². The van der Waals surface area contributed by atoms with E-state index in [1.165, 1.54) is 11.3 Å². The average molecular weight is 236 g/mol. The zero-order valence-corrected chi connectivity index (χ0v) is 9.64. The maximum Gasteiger partial charge on any atom is 0.200 e. The van der Waals surface area contributed by atoms with E-state index in [1.807, 2.05) is 30.3 Å². The number of rotatable bonds is 3. The first kappa shape index (κ1) is 10.5. The van der Waals surface area contributed by atoms with Gasteiger partial charge in [-0.25, -0.2) is 4.98 Å². The van der Waals surface area contributed by atoms with Crippen molar-refractivity contribution in [3.63, 3.8) is 0 Å².